The van der Waals surface area contributed by atoms with Gasteiger partial charge in [-0.05, 0) is 43.9 Å². The van der Waals surface area contributed by atoms with Crippen LogP contribution in [0.3, 0.4) is 0 Å². The molecule has 2 heterocycles. The van der Waals surface area contributed by atoms with Gasteiger partial charge in [0.2, 0.25) is 0 Å². The van der Waals surface area contributed by atoms with E-state index in [1.807, 2.05) is 5.38 Å². The van der Waals surface area contributed by atoms with Crippen LogP contribution in [-0.2, 0) is 16.0 Å². The van der Waals surface area contributed by atoms with E-state index < -0.39 is 30.0 Å². The molecule has 3 atom stereocenters. The van der Waals surface area contributed by atoms with Crippen molar-refractivity contribution < 1.29 is 28.9 Å². The lowest BCUT2D eigenvalue weighted by Crippen LogP contribution is -2.50. The number of amides is 1. The Hall–Kier alpha value is -1.95. The van der Waals surface area contributed by atoms with Crippen LogP contribution in [0, 0.1) is 11.7 Å². The van der Waals surface area contributed by atoms with E-state index in [2.05, 4.69) is 23.7 Å². The Morgan fingerprint density at radius 2 is 2.05 bits per heavy atom. The Kier molecular flexibility index (Phi) is 12.4. The lowest BCUT2D eigenvalue weighted by Gasteiger charge is -2.34. The van der Waals surface area contributed by atoms with Crippen molar-refractivity contribution in [1.82, 2.24) is 14.8 Å². The summed E-state index contributed by atoms with van der Waals surface area (Å²) in [4.78, 5) is 21.7. The summed E-state index contributed by atoms with van der Waals surface area (Å²) in [5.41, 5.74) is 2.73. The number of thiazole rings is 1. The van der Waals surface area contributed by atoms with Crippen LogP contribution in [0.15, 0.2) is 35.2 Å². The SMILES string of the molecule is CC(C)CCO[C@@H]1CN(C(=O)c2ccccc2F)CCN(Cc2cscn2)CCCCOC[C@@H](O)[C@H]1O. The summed E-state index contributed by atoms with van der Waals surface area (Å²) in [6.45, 7) is 7.22. The first-order chi connectivity index (χ1) is 17.8. The fourth-order valence-corrected chi connectivity index (χ4v) is 4.73. The largest absolute Gasteiger partial charge is 0.388 e. The molecule has 3 rings (SSSR count). The number of benzene rings is 1. The minimum atomic E-state index is -1.27. The molecule has 2 aromatic rings. The Morgan fingerprint density at radius 1 is 1.24 bits per heavy atom. The molecule has 0 aliphatic carbocycles. The van der Waals surface area contributed by atoms with E-state index >= 15 is 0 Å². The molecule has 8 nitrogen and oxygen atoms in total. The molecule has 0 radical (unpaired) electrons. The zero-order valence-corrected chi connectivity index (χ0v) is 22.6. The molecule has 0 saturated carbocycles. The number of hydrogen-bond acceptors (Lipinski definition) is 8. The van der Waals surface area contributed by atoms with Crippen molar-refractivity contribution >= 4 is 17.2 Å². The molecule has 1 aromatic carbocycles. The molecule has 1 fully saturated rings. The summed E-state index contributed by atoms with van der Waals surface area (Å²) in [6, 6.07) is 5.90. The summed E-state index contributed by atoms with van der Waals surface area (Å²) >= 11 is 1.54. The maximum Gasteiger partial charge on any atom is 0.256 e. The van der Waals surface area contributed by atoms with E-state index in [1.165, 1.54) is 28.4 Å². The van der Waals surface area contributed by atoms with Gasteiger partial charge >= 0.3 is 0 Å². The topological polar surface area (TPSA) is 95.4 Å². The normalized spacial score (nSPS) is 23.2. The van der Waals surface area contributed by atoms with E-state index in [9.17, 15) is 19.4 Å². The van der Waals surface area contributed by atoms with Gasteiger partial charge in [-0.15, -0.1) is 11.3 Å². The molecule has 10 heteroatoms. The van der Waals surface area contributed by atoms with Gasteiger partial charge in [-0.3, -0.25) is 9.69 Å². The predicted molar refractivity (Wildman–Crippen MR) is 141 cm³/mol. The third kappa shape index (κ3) is 9.70. The lowest BCUT2D eigenvalue weighted by molar-refractivity contribution is -0.116. The van der Waals surface area contributed by atoms with E-state index in [-0.39, 0.29) is 18.7 Å². The van der Waals surface area contributed by atoms with Gasteiger partial charge in [0.05, 0.1) is 23.4 Å². The summed E-state index contributed by atoms with van der Waals surface area (Å²) < 4.78 is 26.2. The second-order valence-corrected chi connectivity index (χ2v) is 10.6. The van der Waals surface area contributed by atoms with Crippen LogP contribution >= 0.6 is 11.3 Å². The van der Waals surface area contributed by atoms with Crippen LogP contribution in [0.4, 0.5) is 4.39 Å². The molecular weight excluding hydrogens is 497 g/mol. The predicted octanol–water partition coefficient (Wildman–Crippen LogP) is 3.19. The molecule has 1 saturated heterocycles. The number of hydrogen-bond donors (Lipinski definition) is 2. The molecule has 1 amide bonds. The molecular formula is C27H40FN3O5S. The highest BCUT2D eigenvalue weighted by atomic mass is 32.1. The van der Waals surface area contributed by atoms with Crippen LogP contribution in [0.1, 0.15) is 49.2 Å². The van der Waals surface area contributed by atoms with Gasteiger partial charge in [0, 0.05) is 44.8 Å². The number of carbonyl (C=O) groups excluding carboxylic acids is 1. The van der Waals surface area contributed by atoms with Gasteiger partial charge in [0.25, 0.3) is 5.91 Å². The van der Waals surface area contributed by atoms with Gasteiger partial charge in [-0.25, -0.2) is 9.37 Å². The molecule has 1 aliphatic heterocycles. The molecule has 0 bridgehead atoms. The number of ether oxygens (including phenoxy) is 2. The minimum absolute atomic E-state index is 0.00797. The average molecular weight is 538 g/mol. The summed E-state index contributed by atoms with van der Waals surface area (Å²) in [6.07, 6.45) is -0.870. The first-order valence-corrected chi connectivity index (χ1v) is 14.0. The van der Waals surface area contributed by atoms with E-state index in [0.717, 1.165) is 31.5 Å². The molecule has 1 aliphatic rings. The Balaban J connectivity index is 1.85. The number of aliphatic hydroxyl groups is 2. The van der Waals surface area contributed by atoms with Gasteiger partial charge in [-0.1, -0.05) is 26.0 Å². The zero-order valence-electron chi connectivity index (χ0n) is 21.8. The monoisotopic (exact) mass is 537 g/mol. The first-order valence-electron chi connectivity index (χ1n) is 13.0. The minimum Gasteiger partial charge on any atom is -0.388 e. The van der Waals surface area contributed by atoms with Crippen LogP contribution < -0.4 is 0 Å². The summed E-state index contributed by atoms with van der Waals surface area (Å²) in [5, 5.41) is 23.6. The standard InChI is InChI=1S/C27H40FN3O5S/c1-20(2)9-14-36-25-16-31(27(34)22-7-3-4-8-23(22)28)12-11-30(15-21-18-37-19-29-21)10-5-6-13-35-17-24(32)26(25)33/h3-4,7-8,18-20,24-26,32-33H,5-6,9-17H2,1-2H3/t24-,25-,26-/m1/s1. The molecule has 2 N–H and O–H groups in total. The number of rotatable bonds is 7. The van der Waals surface area contributed by atoms with Crippen molar-refractivity contribution in [2.75, 3.05) is 46.0 Å². The van der Waals surface area contributed by atoms with Crippen molar-refractivity contribution in [3.05, 3.63) is 52.2 Å². The van der Waals surface area contributed by atoms with Gasteiger partial charge in [-0.2, -0.15) is 0 Å². The number of nitrogens with zero attached hydrogens (tertiary/aromatic N) is 3. The number of aliphatic hydroxyl groups excluding tert-OH is 2. The van der Waals surface area contributed by atoms with Crippen molar-refractivity contribution in [3.8, 4) is 0 Å². The second-order valence-electron chi connectivity index (χ2n) is 9.92. The number of carbonyl (C=O) groups is 1. The Bertz CT molecular complexity index is 933. The van der Waals surface area contributed by atoms with Gasteiger partial charge in [0.15, 0.2) is 0 Å². The molecule has 0 unspecified atom stereocenters. The molecule has 0 spiro atoms. The third-order valence-corrected chi connectivity index (χ3v) is 7.09. The van der Waals surface area contributed by atoms with Crippen LogP contribution in [0.25, 0.3) is 0 Å². The van der Waals surface area contributed by atoms with Gasteiger partial charge < -0.3 is 24.6 Å². The smallest absolute Gasteiger partial charge is 0.256 e. The summed E-state index contributed by atoms with van der Waals surface area (Å²) in [5.74, 6) is -0.689. The maximum absolute atomic E-state index is 14.6. The van der Waals surface area contributed by atoms with Crippen LogP contribution in [0.2, 0.25) is 0 Å². The molecule has 206 valence electrons. The number of halogens is 1. The fourth-order valence-electron chi connectivity index (χ4n) is 4.18. The van der Waals surface area contributed by atoms with E-state index in [1.54, 1.807) is 17.6 Å². The zero-order chi connectivity index (χ0) is 26.6. The first kappa shape index (κ1) is 29.6. The van der Waals surface area contributed by atoms with Crippen LogP contribution in [0.5, 0.6) is 0 Å². The highest BCUT2D eigenvalue weighted by Gasteiger charge is 2.32. The van der Waals surface area contributed by atoms with Crippen molar-refractivity contribution in [3.63, 3.8) is 0 Å². The molecule has 1 aromatic heterocycles. The fraction of sp³-hybridized carbons (Fsp3) is 0.630. The third-order valence-electron chi connectivity index (χ3n) is 6.45. The number of aromatic nitrogens is 1. The maximum atomic E-state index is 14.6. The highest BCUT2D eigenvalue weighted by molar-refractivity contribution is 7.07. The van der Waals surface area contributed by atoms with E-state index in [4.69, 9.17) is 9.47 Å². The lowest BCUT2D eigenvalue weighted by atomic mass is 10.1. The molecule has 37 heavy (non-hydrogen) atoms. The Morgan fingerprint density at radius 3 is 2.78 bits per heavy atom. The van der Waals surface area contributed by atoms with E-state index in [0.29, 0.717) is 38.8 Å². The summed E-state index contributed by atoms with van der Waals surface area (Å²) in [7, 11) is 0. The van der Waals surface area contributed by atoms with Crippen LogP contribution in [-0.4, -0.2) is 95.2 Å². The van der Waals surface area contributed by atoms with Crippen molar-refractivity contribution in [1.29, 1.82) is 0 Å². The van der Waals surface area contributed by atoms with Crippen molar-refractivity contribution in [2.24, 2.45) is 5.92 Å². The average Bonchev–Trinajstić information content (AvgIpc) is 3.39. The Labute approximate surface area is 223 Å². The highest BCUT2D eigenvalue weighted by Crippen LogP contribution is 2.16. The van der Waals surface area contributed by atoms with Crippen molar-refractivity contribution in [2.45, 2.75) is 58.0 Å². The second kappa shape index (κ2) is 15.5. The quantitative estimate of drug-likeness (QED) is 0.560. The van der Waals surface area contributed by atoms with Gasteiger partial charge in [0.1, 0.15) is 24.1 Å².